The lowest BCUT2D eigenvalue weighted by atomic mass is 10.1. The molecule has 0 radical (unpaired) electrons. The summed E-state index contributed by atoms with van der Waals surface area (Å²) in [5.74, 6) is 0.362. The first kappa shape index (κ1) is 20.7. The maximum Gasteiger partial charge on any atom is 0.276 e. The van der Waals surface area contributed by atoms with Crippen LogP contribution >= 0.6 is 0 Å². The zero-order chi connectivity index (χ0) is 21.5. The van der Waals surface area contributed by atoms with Gasteiger partial charge in [0.25, 0.3) is 11.5 Å². The molecule has 3 aromatic rings. The minimum absolute atomic E-state index is 0.180. The third-order valence-electron chi connectivity index (χ3n) is 5.26. The first-order chi connectivity index (χ1) is 15.2. The third-order valence-corrected chi connectivity index (χ3v) is 5.26. The van der Waals surface area contributed by atoms with Crippen LogP contribution in [-0.4, -0.2) is 35.4 Å². The van der Waals surface area contributed by atoms with Gasteiger partial charge >= 0.3 is 0 Å². The van der Waals surface area contributed by atoms with Crippen LogP contribution in [0.25, 0.3) is 0 Å². The van der Waals surface area contributed by atoms with Crippen molar-refractivity contribution in [3.05, 3.63) is 82.8 Å². The average molecular weight is 418 g/mol. The second-order valence-electron chi connectivity index (χ2n) is 7.49. The Kier molecular flexibility index (Phi) is 6.62. The molecule has 4 rings (SSSR count). The summed E-state index contributed by atoms with van der Waals surface area (Å²) in [7, 11) is 0. The number of hydrogen-bond acceptors (Lipinski definition) is 5. The number of rotatable bonds is 7. The summed E-state index contributed by atoms with van der Waals surface area (Å²) in [4.78, 5) is 27.1. The van der Waals surface area contributed by atoms with E-state index in [0.29, 0.717) is 5.69 Å². The van der Waals surface area contributed by atoms with Gasteiger partial charge in [0.05, 0.1) is 6.54 Å². The molecule has 1 aromatic heterocycles. The Labute approximate surface area is 181 Å². The standard InChI is InChI=1S/C24H26N4O3/c29-23-14-13-22(26-28(23)17-18-31-21-7-3-1-4-8-21)24(30)25-19-9-11-20(12-10-19)27-15-5-2-6-16-27/h1,3-4,7-14H,2,5-6,15-18H2,(H,25,30). The van der Waals surface area contributed by atoms with Crippen molar-refractivity contribution in [1.82, 2.24) is 9.78 Å². The number of piperidine rings is 1. The lowest BCUT2D eigenvalue weighted by Crippen LogP contribution is -2.29. The lowest BCUT2D eigenvalue weighted by molar-refractivity contribution is 0.101. The Bertz CT molecular complexity index is 1060. The van der Waals surface area contributed by atoms with Crippen LogP contribution < -0.4 is 20.5 Å². The Morgan fingerprint density at radius 2 is 1.68 bits per heavy atom. The van der Waals surface area contributed by atoms with Crippen molar-refractivity contribution in [2.45, 2.75) is 25.8 Å². The largest absolute Gasteiger partial charge is 0.492 e. The van der Waals surface area contributed by atoms with E-state index in [0.717, 1.165) is 18.8 Å². The van der Waals surface area contributed by atoms with Gasteiger partial charge in [-0.05, 0) is 61.7 Å². The third kappa shape index (κ3) is 5.51. The summed E-state index contributed by atoms with van der Waals surface area (Å²) in [5.41, 5.74) is 1.76. The number of carbonyl (C=O) groups excluding carboxylic acids is 1. The fraction of sp³-hybridized carbons (Fsp3) is 0.292. The van der Waals surface area contributed by atoms with Gasteiger partial charge in [-0.25, -0.2) is 4.68 Å². The number of nitrogens with one attached hydrogen (secondary N) is 1. The Morgan fingerprint density at radius 1 is 0.935 bits per heavy atom. The van der Waals surface area contributed by atoms with Crippen LogP contribution in [0.5, 0.6) is 5.75 Å². The highest BCUT2D eigenvalue weighted by atomic mass is 16.5. The Balaban J connectivity index is 1.36. The van der Waals surface area contributed by atoms with Crippen LogP contribution in [0.15, 0.2) is 71.5 Å². The summed E-state index contributed by atoms with van der Waals surface area (Å²) in [6.45, 7) is 2.68. The molecule has 2 heterocycles. The summed E-state index contributed by atoms with van der Waals surface area (Å²) < 4.78 is 6.87. The molecule has 1 fully saturated rings. The number of carbonyl (C=O) groups is 1. The van der Waals surface area contributed by atoms with Gasteiger partial charge < -0.3 is 15.0 Å². The molecule has 160 valence electrons. The number of benzene rings is 2. The second kappa shape index (κ2) is 9.93. The van der Waals surface area contributed by atoms with Crippen LogP contribution in [0.1, 0.15) is 29.8 Å². The van der Waals surface area contributed by atoms with Gasteiger partial charge in [-0.15, -0.1) is 0 Å². The van der Waals surface area contributed by atoms with Crippen LogP contribution in [-0.2, 0) is 6.54 Å². The SMILES string of the molecule is O=C(Nc1ccc(N2CCCCC2)cc1)c1ccc(=O)n(CCOc2ccccc2)n1. The van der Waals surface area contributed by atoms with E-state index in [1.165, 1.54) is 41.8 Å². The van der Waals surface area contributed by atoms with Crippen molar-refractivity contribution in [1.29, 1.82) is 0 Å². The first-order valence-electron chi connectivity index (χ1n) is 10.6. The van der Waals surface area contributed by atoms with Crippen molar-refractivity contribution in [3.8, 4) is 5.75 Å². The van der Waals surface area contributed by atoms with Gasteiger partial charge in [0.1, 0.15) is 18.1 Å². The quantitative estimate of drug-likeness (QED) is 0.635. The summed E-state index contributed by atoms with van der Waals surface area (Å²) in [5, 5.41) is 7.04. The van der Waals surface area contributed by atoms with Crippen molar-refractivity contribution in [2.24, 2.45) is 0 Å². The topological polar surface area (TPSA) is 76.5 Å². The highest BCUT2D eigenvalue weighted by Gasteiger charge is 2.13. The monoisotopic (exact) mass is 418 g/mol. The van der Waals surface area contributed by atoms with Gasteiger partial charge in [-0.2, -0.15) is 5.10 Å². The van der Waals surface area contributed by atoms with E-state index in [2.05, 4.69) is 15.3 Å². The van der Waals surface area contributed by atoms with Gasteiger partial charge in [0.15, 0.2) is 0 Å². The minimum atomic E-state index is -0.358. The zero-order valence-corrected chi connectivity index (χ0v) is 17.4. The molecule has 7 heteroatoms. The van der Waals surface area contributed by atoms with E-state index < -0.39 is 0 Å². The molecule has 0 spiro atoms. The summed E-state index contributed by atoms with van der Waals surface area (Å²) in [6.07, 6.45) is 3.73. The van der Waals surface area contributed by atoms with E-state index in [9.17, 15) is 9.59 Å². The molecule has 0 atom stereocenters. The van der Waals surface area contributed by atoms with E-state index in [1.807, 2.05) is 54.6 Å². The molecular formula is C24H26N4O3. The van der Waals surface area contributed by atoms with Crippen LogP contribution in [0.3, 0.4) is 0 Å². The predicted octanol–water partition coefficient (Wildman–Crippen LogP) is 3.56. The van der Waals surface area contributed by atoms with Gasteiger partial charge in [-0.1, -0.05) is 18.2 Å². The van der Waals surface area contributed by atoms with Crippen molar-refractivity contribution >= 4 is 17.3 Å². The number of ether oxygens (including phenoxy) is 1. The molecule has 0 saturated carbocycles. The van der Waals surface area contributed by atoms with E-state index >= 15 is 0 Å². The molecule has 1 aliphatic heterocycles. The highest BCUT2D eigenvalue weighted by Crippen LogP contribution is 2.22. The zero-order valence-electron chi connectivity index (χ0n) is 17.4. The Hall–Kier alpha value is -3.61. The highest BCUT2D eigenvalue weighted by molar-refractivity contribution is 6.02. The molecule has 0 unspecified atom stereocenters. The second-order valence-corrected chi connectivity index (χ2v) is 7.49. The molecule has 0 aliphatic carbocycles. The summed E-state index contributed by atoms with van der Waals surface area (Å²) in [6, 6.07) is 20.0. The molecule has 1 amide bonds. The first-order valence-corrected chi connectivity index (χ1v) is 10.6. The van der Waals surface area contributed by atoms with Crippen LogP contribution in [0.4, 0.5) is 11.4 Å². The normalized spacial score (nSPS) is 13.6. The number of aromatic nitrogens is 2. The molecule has 7 nitrogen and oxygen atoms in total. The van der Waals surface area contributed by atoms with Crippen LogP contribution in [0.2, 0.25) is 0 Å². The number of nitrogens with zero attached hydrogens (tertiary/aromatic N) is 3. The van der Waals surface area contributed by atoms with E-state index in [1.54, 1.807) is 0 Å². The van der Waals surface area contributed by atoms with Crippen molar-refractivity contribution in [2.75, 3.05) is 29.9 Å². The lowest BCUT2D eigenvalue weighted by Gasteiger charge is -2.28. The van der Waals surface area contributed by atoms with Gasteiger partial charge in [-0.3, -0.25) is 9.59 Å². The molecule has 31 heavy (non-hydrogen) atoms. The van der Waals surface area contributed by atoms with Gasteiger partial charge in [0, 0.05) is 30.5 Å². The molecule has 1 saturated heterocycles. The van der Waals surface area contributed by atoms with Crippen molar-refractivity contribution in [3.63, 3.8) is 0 Å². The average Bonchev–Trinajstić information content (AvgIpc) is 2.82. The molecule has 1 aliphatic rings. The maximum absolute atomic E-state index is 12.6. The van der Waals surface area contributed by atoms with Gasteiger partial charge in [0.2, 0.25) is 0 Å². The fourth-order valence-corrected chi connectivity index (χ4v) is 3.60. The molecule has 0 bridgehead atoms. The van der Waals surface area contributed by atoms with Crippen molar-refractivity contribution < 1.29 is 9.53 Å². The summed E-state index contributed by atoms with van der Waals surface area (Å²) >= 11 is 0. The maximum atomic E-state index is 12.6. The number of amides is 1. The number of hydrogen-bond donors (Lipinski definition) is 1. The van der Waals surface area contributed by atoms with E-state index in [-0.39, 0.29) is 30.3 Å². The minimum Gasteiger partial charge on any atom is -0.492 e. The molecule has 1 N–H and O–H groups in total. The molecule has 2 aromatic carbocycles. The van der Waals surface area contributed by atoms with Crippen LogP contribution in [0, 0.1) is 0 Å². The molecular weight excluding hydrogens is 392 g/mol. The number of para-hydroxylation sites is 1. The van der Waals surface area contributed by atoms with E-state index in [4.69, 9.17) is 4.74 Å². The number of anilines is 2. The smallest absolute Gasteiger partial charge is 0.276 e. The fourth-order valence-electron chi connectivity index (χ4n) is 3.60. The Morgan fingerprint density at radius 3 is 2.42 bits per heavy atom. The predicted molar refractivity (Wildman–Crippen MR) is 121 cm³/mol.